The summed E-state index contributed by atoms with van der Waals surface area (Å²) in [4.78, 5) is 0. The summed E-state index contributed by atoms with van der Waals surface area (Å²) in [5, 5.41) is 3.71. The molecule has 0 aliphatic heterocycles. The molecule has 0 spiro atoms. The van der Waals surface area contributed by atoms with Crippen LogP contribution in [0.1, 0.15) is 19.3 Å². The molecule has 0 radical (unpaired) electrons. The van der Waals surface area contributed by atoms with Crippen LogP contribution in [0.2, 0.25) is 0 Å². The second-order valence-electron chi connectivity index (χ2n) is 14.2. The highest BCUT2D eigenvalue weighted by atomic mass is 16.4. The van der Waals surface area contributed by atoms with Gasteiger partial charge in [-0.2, -0.15) is 0 Å². The summed E-state index contributed by atoms with van der Waals surface area (Å²) in [6.45, 7) is 2.00. The quantitative estimate of drug-likeness (QED) is 0.170. The maximum Gasteiger partial charge on any atom is 0.178 e. The third kappa shape index (κ3) is 5.82. The van der Waals surface area contributed by atoms with Gasteiger partial charge in [0.15, 0.2) is 11.2 Å². The lowest BCUT2D eigenvalue weighted by Crippen LogP contribution is -1.87. The Kier molecular flexibility index (Phi) is 5.68. The molecular weight excluding hydrogens is 693 g/mol. The molecule has 11 rings (SSSR count). The van der Waals surface area contributed by atoms with Crippen LogP contribution in [-0.4, -0.2) is 0 Å². The van der Waals surface area contributed by atoms with Gasteiger partial charge in [-0.1, -0.05) is 139 Å². The number of hydrogen-bond donors (Lipinski definition) is 0. The van der Waals surface area contributed by atoms with Crippen LogP contribution in [0.5, 0.6) is 0 Å². The van der Waals surface area contributed by atoms with E-state index in [2.05, 4.69) is 36.4 Å². The Hall–Kier alpha value is -7.42. The Labute approximate surface area is 345 Å². The van der Waals surface area contributed by atoms with E-state index in [-0.39, 0.29) is 59.5 Å². The molecule has 0 aliphatic rings. The number of hydrogen-bond acceptors (Lipinski definition) is 2. The highest BCUT2D eigenvalue weighted by Crippen LogP contribution is 2.42. The molecule has 0 saturated heterocycles. The second-order valence-corrected chi connectivity index (χ2v) is 14.2. The van der Waals surface area contributed by atoms with Gasteiger partial charge < -0.3 is 8.83 Å². The largest absolute Gasteiger partial charge is 0.452 e. The number of benzene rings is 9. The fourth-order valence-electron chi connectivity index (χ4n) is 7.90. The van der Waals surface area contributed by atoms with Gasteiger partial charge in [-0.25, -0.2) is 0 Å². The molecule has 2 aromatic heterocycles. The summed E-state index contributed by atoms with van der Waals surface area (Å²) in [6.07, 6.45) is 0. The van der Waals surface area contributed by atoms with Gasteiger partial charge >= 0.3 is 0 Å². The predicted molar refractivity (Wildman–Crippen MR) is 238 cm³/mol. The van der Waals surface area contributed by atoms with Crippen molar-refractivity contribution in [1.29, 1.82) is 0 Å². The van der Waals surface area contributed by atoms with Crippen LogP contribution < -0.4 is 0 Å². The zero-order valence-electron chi connectivity index (χ0n) is 40.6. The number of aryl methyl sites for hydroxylation is 1. The van der Waals surface area contributed by atoms with Crippen LogP contribution in [0.4, 0.5) is 0 Å². The molecule has 11 aromatic rings. The highest BCUT2D eigenvalue weighted by molar-refractivity contribution is 6.19. The SMILES string of the molecule is [2H]c1c([2H])c([2H])c(-c2cccc(-c3cccc(-c4ccc5oc6c(ccc7c8cc(-c9cccc(-c%10cc(-c%11c([2H])c([2H])c([2H])c([2H])c%11[2H])ccc%10C)c9)ccc8oc76)c5c4)c3)c2)c([2H])c1[2H]. The van der Waals surface area contributed by atoms with Crippen molar-refractivity contribution in [1.82, 2.24) is 0 Å². The summed E-state index contributed by atoms with van der Waals surface area (Å²) in [5.74, 6) is 0. The van der Waals surface area contributed by atoms with E-state index < -0.39 is 12.1 Å². The third-order valence-electron chi connectivity index (χ3n) is 10.8. The second kappa shape index (κ2) is 13.4. The summed E-state index contributed by atoms with van der Waals surface area (Å²) >= 11 is 0. The fourth-order valence-corrected chi connectivity index (χ4v) is 7.90. The molecule has 9 aromatic carbocycles. The lowest BCUT2D eigenvalue weighted by atomic mass is 9.93. The normalized spacial score (nSPS) is 14.1. The first-order valence-corrected chi connectivity index (χ1v) is 18.7. The first-order valence-electron chi connectivity index (χ1n) is 23.7. The maximum atomic E-state index is 8.54. The molecule has 2 heterocycles. The molecule has 0 atom stereocenters. The Balaban J connectivity index is 0.931. The Morgan fingerprint density at radius 2 is 0.719 bits per heavy atom. The van der Waals surface area contributed by atoms with E-state index in [9.17, 15) is 0 Å². The minimum absolute atomic E-state index is 0.166. The third-order valence-corrected chi connectivity index (χ3v) is 10.8. The van der Waals surface area contributed by atoms with Gasteiger partial charge in [0.2, 0.25) is 0 Å². The summed E-state index contributed by atoms with van der Waals surface area (Å²) < 4.78 is 95.9. The van der Waals surface area contributed by atoms with Crippen molar-refractivity contribution in [2.45, 2.75) is 6.92 Å². The smallest absolute Gasteiger partial charge is 0.178 e. The molecule has 0 fully saturated rings. The lowest BCUT2D eigenvalue weighted by molar-refractivity contribution is 0.633. The van der Waals surface area contributed by atoms with Gasteiger partial charge in [-0.3, -0.25) is 0 Å². The van der Waals surface area contributed by atoms with E-state index in [0.29, 0.717) is 22.3 Å². The lowest BCUT2D eigenvalue weighted by Gasteiger charge is -2.11. The van der Waals surface area contributed by atoms with Crippen molar-refractivity contribution in [3.05, 3.63) is 206 Å². The average Bonchev–Trinajstić information content (AvgIpc) is 3.92. The van der Waals surface area contributed by atoms with E-state index in [1.807, 2.05) is 97.9 Å². The summed E-state index contributed by atoms with van der Waals surface area (Å²) in [6, 6.07) is 42.4. The van der Waals surface area contributed by atoms with Gasteiger partial charge in [0.1, 0.15) is 11.2 Å². The van der Waals surface area contributed by atoms with Crippen LogP contribution in [0.15, 0.2) is 209 Å². The standard InChI is InChI=1S/C55H36O2/c1-35-21-22-43(37-13-6-3-7-14-37)32-49(35)46-20-10-19-42(31-46)45-24-28-53-51(34-45)48-26-25-47-50-33-44(23-27-52(50)56-54(47)55(48)57-53)41-18-9-17-40(30-41)39-16-8-15-38(29-39)36-11-4-2-5-12-36/h2-34H,1H3/i2D,3D,4D,5D,6D,7D,11D,12D,13D,14D. The van der Waals surface area contributed by atoms with E-state index in [0.717, 1.165) is 82.8 Å². The first kappa shape index (κ1) is 24.2. The van der Waals surface area contributed by atoms with Crippen LogP contribution in [0.25, 0.3) is 111 Å². The molecule has 0 N–H and O–H groups in total. The zero-order valence-corrected chi connectivity index (χ0v) is 30.6. The Bertz CT molecular complexity index is 3850. The van der Waals surface area contributed by atoms with E-state index in [1.54, 1.807) is 12.1 Å². The van der Waals surface area contributed by atoms with E-state index >= 15 is 0 Å². The number of furan rings is 2. The predicted octanol–water partition coefficient (Wildman–Crippen LogP) is 15.8. The molecule has 0 saturated carbocycles. The Morgan fingerprint density at radius 3 is 1.21 bits per heavy atom. The van der Waals surface area contributed by atoms with Crippen molar-refractivity contribution in [2.24, 2.45) is 0 Å². The van der Waals surface area contributed by atoms with Crippen molar-refractivity contribution in [3.8, 4) is 66.8 Å². The molecule has 0 unspecified atom stereocenters. The number of rotatable bonds is 6. The number of fused-ring (bicyclic) bond motifs is 7. The van der Waals surface area contributed by atoms with Crippen molar-refractivity contribution >= 4 is 43.9 Å². The molecule has 0 aliphatic carbocycles. The van der Waals surface area contributed by atoms with Gasteiger partial charge in [0, 0.05) is 21.5 Å². The molecule has 2 nitrogen and oxygen atoms in total. The summed E-state index contributed by atoms with van der Waals surface area (Å²) in [5.41, 5.74) is 12.6. The molecule has 0 bridgehead atoms. The van der Waals surface area contributed by atoms with Crippen LogP contribution in [-0.2, 0) is 0 Å². The first-order chi connectivity index (χ1) is 32.3. The van der Waals surface area contributed by atoms with Crippen molar-refractivity contribution in [3.63, 3.8) is 0 Å². The molecular formula is C55H36O2. The van der Waals surface area contributed by atoms with Gasteiger partial charge in [-0.05, 0) is 140 Å². The molecule has 2 heteroatoms. The fraction of sp³-hybridized carbons (Fsp3) is 0.0182. The van der Waals surface area contributed by atoms with Crippen LogP contribution in [0.3, 0.4) is 0 Å². The van der Waals surface area contributed by atoms with Crippen LogP contribution >= 0.6 is 0 Å². The van der Waals surface area contributed by atoms with Gasteiger partial charge in [0.25, 0.3) is 0 Å². The van der Waals surface area contributed by atoms with E-state index in [1.165, 1.54) is 0 Å². The molecule has 57 heavy (non-hydrogen) atoms. The van der Waals surface area contributed by atoms with Crippen molar-refractivity contribution < 1.29 is 22.5 Å². The molecule has 268 valence electrons. The van der Waals surface area contributed by atoms with Crippen molar-refractivity contribution in [2.75, 3.05) is 0 Å². The highest BCUT2D eigenvalue weighted by Gasteiger charge is 2.18. The monoisotopic (exact) mass is 738 g/mol. The van der Waals surface area contributed by atoms with E-state index in [4.69, 9.17) is 22.5 Å². The van der Waals surface area contributed by atoms with Crippen LogP contribution in [0, 0.1) is 6.92 Å². The summed E-state index contributed by atoms with van der Waals surface area (Å²) in [7, 11) is 0. The van der Waals surface area contributed by atoms with Gasteiger partial charge in [-0.15, -0.1) is 0 Å². The minimum Gasteiger partial charge on any atom is -0.452 e. The Morgan fingerprint density at radius 1 is 0.333 bits per heavy atom. The molecule has 0 amide bonds. The maximum absolute atomic E-state index is 8.54. The minimum atomic E-state index is -0.419. The topological polar surface area (TPSA) is 26.3 Å². The average molecular weight is 739 g/mol. The van der Waals surface area contributed by atoms with Gasteiger partial charge in [0.05, 0.1) is 13.7 Å². The zero-order chi connectivity index (χ0) is 46.6.